The minimum absolute atomic E-state index is 0.529. The minimum atomic E-state index is 0.529. The predicted octanol–water partition coefficient (Wildman–Crippen LogP) is 3.98. The van der Waals surface area contributed by atoms with E-state index in [2.05, 4.69) is 42.5 Å². The van der Waals surface area contributed by atoms with Gasteiger partial charge in [-0.2, -0.15) is 0 Å². The Hall–Kier alpha value is -2.16. The molecule has 2 aromatic carbocycles. The lowest BCUT2D eigenvalue weighted by Gasteiger charge is -2.14. The van der Waals surface area contributed by atoms with Gasteiger partial charge in [0.2, 0.25) is 5.75 Å². The highest BCUT2D eigenvalue weighted by Gasteiger charge is 2.40. The molecular formula is C18H20O3. The second-order valence-corrected chi connectivity index (χ2v) is 5.32. The van der Waals surface area contributed by atoms with E-state index in [0.29, 0.717) is 17.6 Å². The summed E-state index contributed by atoms with van der Waals surface area (Å²) < 4.78 is 16.2. The molecule has 0 unspecified atom stereocenters. The summed E-state index contributed by atoms with van der Waals surface area (Å²) in [6, 6.07) is 14.8. The third-order valence-corrected chi connectivity index (χ3v) is 4.13. The molecule has 0 bridgehead atoms. The second-order valence-electron chi connectivity index (χ2n) is 5.32. The third-order valence-electron chi connectivity index (χ3n) is 4.13. The first kappa shape index (κ1) is 13.8. The molecular weight excluding hydrogens is 264 g/mol. The van der Waals surface area contributed by atoms with Crippen LogP contribution in [0.15, 0.2) is 42.5 Å². The van der Waals surface area contributed by atoms with Gasteiger partial charge in [-0.1, -0.05) is 30.3 Å². The van der Waals surface area contributed by atoms with Crippen molar-refractivity contribution in [1.82, 2.24) is 0 Å². The fraction of sp³-hybridized carbons (Fsp3) is 0.333. The zero-order valence-corrected chi connectivity index (χ0v) is 12.6. The highest BCUT2D eigenvalue weighted by atomic mass is 16.5. The Morgan fingerprint density at radius 3 is 1.86 bits per heavy atom. The molecule has 1 aliphatic rings. The van der Waals surface area contributed by atoms with Crippen molar-refractivity contribution in [2.24, 2.45) is 0 Å². The molecule has 1 saturated carbocycles. The monoisotopic (exact) mass is 284 g/mol. The van der Waals surface area contributed by atoms with Crippen molar-refractivity contribution < 1.29 is 14.2 Å². The molecule has 0 radical (unpaired) electrons. The van der Waals surface area contributed by atoms with Crippen LogP contribution in [0.2, 0.25) is 0 Å². The summed E-state index contributed by atoms with van der Waals surface area (Å²) in [5.41, 5.74) is 2.65. The molecule has 3 rings (SSSR count). The predicted molar refractivity (Wildman–Crippen MR) is 82.6 cm³/mol. The Balaban J connectivity index is 1.90. The van der Waals surface area contributed by atoms with E-state index in [1.54, 1.807) is 21.3 Å². The van der Waals surface area contributed by atoms with Gasteiger partial charge in [-0.3, -0.25) is 0 Å². The largest absolute Gasteiger partial charge is 0.493 e. The van der Waals surface area contributed by atoms with E-state index in [1.165, 1.54) is 17.5 Å². The summed E-state index contributed by atoms with van der Waals surface area (Å²) in [5.74, 6) is 3.23. The molecule has 1 aliphatic carbocycles. The molecule has 3 nitrogen and oxygen atoms in total. The molecule has 2 aromatic rings. The molecule has 0 heterocycles. The van der Waals surface area contributed by atoms with E-state index < -0.39 is 0 Å². The molecule has 21 heavy (non-hydrogen) atoms. The number of hydrogen-bond donors (Lipinski definition) is 0. The van der Waals surface area contributed by atoms with Crippen molar-refractivity contribution in [2.75, 3.05) is 21.3 Å². The van der Waals surface area contributed by atoms with Crippen LogP contribution >= 0.6 is 0 Å². The summed E-state index contributed by atoms with van der Waals surface area (Å²) in [4.78, 5) is 0. The molecule has 0 spiro atoms. The van der Waals surface area contributed by atoms with E-state index in [-0.39, 0.29) is 0 Å². The first-order chi connectivity index (χ1) is 10.3. The van der Waals surface area contributed by atoms with Crippen LogP contribution in [-0.2, 0) is 0 Å². The van der Waals surface area contributed by atoms with E-state index in [4.69, 9.17) is 14.2 Å². The molecule has 0 amide bonds. The van der Waals surface area contributed by atoms with Crippen LogP contribution in [-0.4, -0.2) is 21.3 Å². The normalized spacial score (nSPS) is 20.0. The lowest BCUT2D eigenvalue weighted by molar-refractivity contribution is 0.324. The van der Waals surface area contributed by atoms with Gasteiger partial charge in [-0.25, -0.2) is 0 Å². The third kappa shape index (κ3) is 2.56. The Labute approximate surface area is 125 Å². The van der Waals surface area contributed by atoms with Crippen LogP contribution in [0.1, 0.15) is 29.4 Å². The van der Waals surface area contributed by atoms with E-state index in [9.17, 15) is 0 Å². The smallest absolute Gasteiger partial charge is 0.203 e. The summed E-state index contributed by atoms with van der Waals surface area (Å²) >= 11 is 0. The molecule has 3 heteroatoms. The molecule has 2 atom stereocenters. The van der Waals surface area contributed by atoms with Gasteiger partial charge in [0.05, 0.1) is 21.3 Å². The average molecular weight is 284 g/mol. The zero-order valence-electron chi connectivity index (χ0n) is 12.6. The first-order valence-electron chi connectivity index (χ1n) is 7.13. The molecule has 0 N–H and O–H groups in total. The fourth-order valence-electron chi connectivity index (χ4n) is 2.95. The highest BCUT2D eigenvalue weighted by molar-refractivity contribution is 5.56. The number of rotatable bonds is 5. The maximum atomic E-state index is 5.43. The number of ether oxygens (including phenoxy) is 3. The van der Waals surface area contributed by atoms with Crippen LogP contribution in [0.3, 0.4) is 0 Å². The first-order valence-corrected chi connectivity index (χ1v) is 7.13. The number of methoxy groups -OCH3 is 3. The van der Waals surface area contributed by atoms with Crippen molar-refractivity contribution in [3.8, 4) is 17.2 Å². The van der Waals surface area contributed by atoms with Gasteiger partial charge < -0.3 is 14.2 Å². The molecule has 0 saturated heterocycles. The van der Waals surface area contributed by atoms with Crippen molar-refractivity contribution in [3.05, 3.63) is 53.6 Å². The zero-order chi connectivity index (χ0) is 14.8. The van der Waals surface area contributed by atoms with Gasteiger partial charge in [0.25, 0.3) is 0 Å². The van der Waals surface area contributed by atoms with Crippen molar-refractivity contribution in [2.45, 2.75) is 18.3 Å². The Morgan fingerprint density at radius 1 is 0.762 bits per heavy atom. The lowest BCUT2D eigenvalue weighted by atomic mass is 10.0. The molecule has 0 aliphatic heterocycles. The van der Waals surface area contributed by atoms with Gasteiger partial charge in [0.1, 0.15) is 0 Å². The Bertz CT molecular complexity index is 597. The van der Waals surface area contributed by atoms with Crippen LogP contribution in [0.25, 0.3) is 0 Å². The Kier molecular flexibility index (Phi) is 3.74. The summed E-state index contributed by atoms with van der Waals surface area (Å²) in [6.45, 7) is 0. The van der Waals surface area contributed by atoms with Gasteiger partial charge in [-0.05, 0) is 41.5 Å². The molecule has 1 fully saturated rings. The fourth-order valence-corrected chi connectivity index (χ4v) is 2.95. The highest BCUT2D eigenvalue weighted by Crippen LogP contribution is 2.56. The quantitative estimate of drug-likeness (QED) is 0.831. The van der Waals surface area contributed by atoms with Crippen molar-refractivity contribution in [3.63, 3.8) is 0 Å². The number of benzene rings is 2. The average Bonchev–Trinajstić information content (AvgIpc) is 3.34. The van der Waals surface area contributed by atoms with Crippen molar-refractivity contribution >= 4 is 0 Å². The van der Waals surface area contributed by atoms with Gasteiger partial charge in [-0.15, -0.1) is 0 Å². The maximum absolute atomic E-state index is 5.43. The Morgan fingerprint density at radius 2 is 1.33 bits per heavy atom. The van der Waals surface area contributed by atoms with Gasteiger partial charge in [0.15, 0.2) is 11.5 Å². The van der Waals surface area contributed by atoms with E-state index >= 15 is 0 Å². The van der Waals surface area contributed by atoms with Gasteiger partial charge >= 0.3 is 0 Å². The maximum Gasteiger partial charge on any atom is 0.203 e. The van der Waals surface area contributed by atoms with E-state index in [0.717, 1.165) is 11.5 Å². The molecule has 0 aromatic heterocycles. The van der Waals surface area contributed by atoms with Crippen LogP contribution in [0.4, 0.5) is 0 Å². The summed E-state index contributed by atoms with van der Waals surface area (Å²) in [5, 5.41) is 0. The van der Waals surface area contributed by atoms with Gasteiger partial charge in [0, 0.05) is 0 Å². The van der Waals surface area contributed by atoms with Crippen LogP contribution < -0.4 is 14.2 Å². The van der Waals surface area contributed by atoms with Crippen LogP contribution in [0.5, 0.6) is 17.2 Å². The summed E-state index contributed by atoms with van der Waals surface area (Å²) in [7, 11) is 4.94. The molecule has 110 valence electrons. The lowest BCUT2D eigenvalue weighted by Crippen LogP contribution is -1.97. The topological polar surface area (TPSA) is 27.7 Å². The SMILES string of the molecule is COc1cc([C@H]2C[C@@H]2c2ccccc2)cc(OC)c1OC. The van der Waals surface area contributed by atoms with Crippen LogP contribution in [0, 0.1) is 0 Å². The van der Waals surface area contributed by atoms with E-state index in [1.807, 2.05) is 0 Å². The minimum Gasteiger partial charge on any atom is -0.493 e. The second kappa shape index (κ2) is 5.68. The standard InChI is InChI=1S/C18H20O3/c1-19-16-9-13(10-17(20-2)18(16)21-3)15-11-14(15)12-7-5-4-6-8-12/h4-10,14-15H,11H2,1-3H3/t14-,15-/m1/s1. The summed E-state index contributed by atoms with van der Waals surface area (Å²) in [6.07, 6.45) is 1.17. The number of hydrogen-bond acceptors (Lipinski definition) is 3. The van der Waals surface area contributed by atoms with Crippen molar-refractivity contribution in [1.29, 1.82) is 0 Å².